The average Bonchev–Trinajstić information content (AvgIpc) is 2.52. The second kappa shape index (κ2) is 5.58. The van der Waals surface area contributed by atoms with Crippen LogP contribution < -0.4 is 4.74 Å². The van der Waals surface area contributed by atoms with Crippen LogP contribution >= 0.6 is 11.6 Å². The molecule has 3 aromatic carbocycles. The van der Waals surface area contributed by atoms with Crippen LogP contribution in [0.15, 0.2) is 54.6 Å². The molecule has 0 radical (unpaired) electrons. The zero-order valence-electron chi connectivity index (χ0n) is 11.5. The van der Waals surface area contributed by atoms with E-state index in [2.05, 4.69) is 0 Å². The summed E-state index contributed by atoms with van der Waals surface area (Å²) in [6.45, 7) is 1.95. The van der Waals surface area contributed by atoms with Gasteiger partial charge < -0.3 is 4.74 Å². The molecule has 3 rings (SSSR count). The third-order valence-corrected chi connectivity index (χ3v) is 3.73. The summed E-state index contributed by atoms with van der Waals surface area (Å²) in [7, 11) is 0. The number of aryl methyl sites for hydroxylation is 1. The van der Waals surface area contributed by atoms with Gasteiger partial charge in [-0.15, -0.1) is 0 Å². The lowest BCUT2D eigenvalue weighted by Crippen LogP contribution is -1.91. The third kappa shape index (κ3) is 2.63. The lowest BCUT2D eigenvalue weighted by Gasteiger charge is -2.12. The van der Waals surface area contributed by atoms with Crippen LogP contribution in [0.4, 0.5) is 0 Å². The number of benzene rings is 3. The minimum atomic E-state index is 0.592. The van der Waals surface area contributed by atoms with Gasteiger partial charge in [0.25, 0.3) is 0 Å². The van der Waals surface area contributed by atoms with Gasteiger partial charge in [0.15, 0.2) is 0 Å². The number of halogens is 1. The zero-order chi connectivity index (χ0) is 14.8. The van der Waals surface area contributed by atoms with E-state index in [0.717, 1.165) is 28.4 Å². The fourth-order valence-electron chi connectivity index (χ4n) is 2.24. The first-order valence-corrected chi connectivity index (χ1v) is 6.98. The van der Waals surface area contributed by atoms with Crippen molar-refractivity contribution in [2.45, 2.75) is 6.92 Å². The van der Waals surface area contributed by atoms with Crippen molar-refractivity contribution in [3.05, 3.63) is 70.7 Å². The normalized spacial score (nSPS) is 10.6. The molecule has 0 atom stereocenters. The van der Waals surface area contributed by atoms with Crippen molar-refractivity contribution in [2.75, 3.05) is 0 Å². The Hall–Kier alpha value is -2.32. The molecular formula is C18H13ClO2. The molecule has 0 N–H and O–H groups in total. The van der Waals surface area contributed by atoms with Crippen molar-refractivity contribution in [3.63, 3.8) is 0 Å². The highest BCUT2D eigenvalue weighted by atomic mass is 35.5. The molecule has 0 saturated carbocycles. The van der Waals surface area contributed by atoms with Crippen molar-refractivity contribution < 1.29 is 9.53 Å². The molecule has 0 amide bonds. The van der Waals surface area contributed by atoms with Gasteiger partial charge >= 0.3 is 0 Å². The van der Waals surface area contributed by atoms with E-state index >= 15 is 0 Å². The molecule has 0 saturated heterocycles. The average molecular weight is 297 g/mol. The van der Waals surface area contributed by atoms with Crippen molar-refractivity contribution in [1.82, 2.24) is 0 Å². The molecule has 0 fully saturated rings. The van der Waals surface area contributed by atoms with Crippen molar-refractivity contribution in [3.8, 4) is 11.5 Å². The summed E-state index contributed by atoms with van der Waals surface area (Å²) in [5.41, 5.74) is 1.56. The van der Waals surface area contributed by atoms with E-state index in [1.807, 2.05) is 49.4 Å². The molecule has 0 aromatic heterocycles. The number of ether oxygens (including phenoxy) is 1. The van der Waals surface area contributed by atoms with Gasteiger partial charge in [-0.05, 0) is 30.7 Å². The SMILES string of the molecule is Cc1ccc(C=O)cc1Oc1ccc(Cl)c2ccccc12. The monoisotopic (exact) mass is 296 g/mol. The Balaban J connectivity index is 2.10. The summed E-state index contributed by atoms with van der Waals surface area (Å²) >= 11 is 6.21. The van der Waals surface area contributed by atoms with Crippen LogP contribution in [0.5, 0.6) is 11.5 Å². The molecule has 21 heavy (non-hydrogen) atoms. The predicted octanol–water partition coefficient (Wildman–Crippen LogP) is 5.41. The molecule has 0 aliphatic carbocycles. The molecule has 0 aliphatic heterocycles. The number of hydrogen-bond acceptors (Lipinski definition) is 2. The molecule has 0 unspecified atom stereocenters. The number of carbonyl (C=O) groups excluding carboxylic acids is 1. The number of fused-ring (bicyclic) bond motifs is 1. The topological polar surface area (TPSA) is 26.3 Å². The smallest absolute Gasteiger partial charge is 0.150 e. The highest BCUT2D eigenvalue weighted by Crippen LogP contribution is 2.35. The van der Waals surface area contributed by atoms with E-state index in [9.17, 15) is 4.79 Å². The lowest BCUT2D eigenvalue weighted by atomic mass is 10.1. The van der Waals surface area contributed by atoms with Gasteiger partial charge in [-0.3, -0.25) is 4.79 Å². The molecule has 0 bridgehead atoms. The van der Waals surface area contributed by atoms with E-state index in [1.54, 1.807) is 12.1 Å². The molecule has 0 heterocycles. The summed E-state index contributed by atoms with van der Waals surface area (Å²) in [5, 5.41) is 2.58. The fourth-order valence-corrected chi connectivity index (χ4v) is 2.47. The summed E-state index contributed by atoms with van der Waals surface area (Å²) in [6, 6.07) is 16.9. The number of aldehydes is 1. The van der Waals surface area contributed by atoms with E-state index in [1.165, 1.54) is 0 Å². The summed E-state index contributed by atoms with van der Waals surface area (Å²) < 4.78 is 6.00. The first-order valence-electron chi connectivity index (χ1n) is 6.60. The molecule has 0 spiro atoms. The number of carbonyl (C=O) groups is 1. The van der Waals surface area contributed by atoms with Crippen LogP contribution in [0.25, 0.3) is 10.8 Å². The maximum absolute atomic E-state index is 10.9. The van der Waals surface area contributed by atoms with Gasteiger partial charge in [0.2, 0.25) is 0 Å². The highest BCUT2D eigenvalue weighted by Gasteiger charge is 2.08. The summed E-state index contributed by atoms with van der Waals surface area (Å²) in [4.78, 5) is 10.9. The van der Waals surface area contributed by atoms with Crippen LogP contribution in [0, 0.1) is 6.92 Å². The first-order chi connectivity index (χ1) is 10.2. The fraction of sp³-hybridized carbons (Fsp3) is 0.0556. The quantitative estimate of drug-likeness (QED) is 0.604. The second-order valence-electron chi connectivity index (χ2n) is 4.84. The summed E-state index contributed by atoms with van der Waals surface area (Å²) in [6.07, 6.45) is 0.812. The molecule has 3 aromatic rings. The van der Waals surface area contributed by atoms with Crippen LogP contribution in [-0.4, -0.2) is 6.29 Å². The molecular weight excluding hydrogens is 284 g/mol. The van der Waals surface area contributed by atoms with Gasteiger partial charge in [0.1, 0.15) is 17.8 Å². The Morgan fingerprint density at radius 1 is 0.952 bits per heavy atom. The van der Waals surface area contributed by atoms with Crippen molar-refractivity contribution >= 4 is 28.7 Å². The minimum absolute atomic E-state index is 0.592. The van der Waals surface area contributed by atoms with Crippen molar-refractivity contribution in [2.24, 2.45) is 0 Å². The molecule has 2 nitrogen and oxygen atoms in total. The van der Waals surface area contributed by atoms with E-state index in [0.29, 0.717) is 16.3 Å². The highest BCUT2D eigenvalue weighted by molar-refractivity contribution is 6.35. The van der Waals surface area contributed by atoms with Crippen molar-refractivity contribution in [1.29, 1.82) is 0 Å². The Labute approximate surface area is 127 Å². The maximum atomic E-state index is 10.9. The van der Waals surface area contributed by atoms with Crippen LogP contribution in [0.3, 0.4) is 0 Å². The van der Waals surface area contributed by atoms with Gasteiger partial charge in [-0.1, -0.05) is 48.0 Å². The molecule has 0 aliphatic rings. The van der Waals surface area contributed by atoms with Crippen LogP contribution in [-0.2, 0) is 0 Å². The van der Waals surface area contributed by atoms with Gasteiger partial charge in [-0.2, -0.15) is 0 Å². The Morgan fingerprint density at radius 3 is 2.48 bits per heavy atom. The first kappa shape index (κ1) is 13.7. The van der Waals surface area contributed by atoms with Crippen LogP contribution in [0.1, 0.15) is 15.9 Å². The molecule has 104 valence electrons. The zero-order valence-corrected chi connectivity index (χ0v) is 12.2. The van der Waals surface area contributed by atoms with E-state index < -0.39 is 0 Å². The predicted molar refractivity (Wildman–Crippen MR) is 85.6 cm³/mol. The third-order valence-electron chi connectivity index (χ3n) is 3.40. The second-order valence-corrected chi connectivity index (χ2v) is 5.24. The Morgan fingerprint density at radius 2 is 1.71 bits per heavy atom. The number of rotatable bonds is 3. The Kier molecular flexibility index (Phi) is 3.63. The van der Waals surface area contributed by atoms with E-state index in [-0.39, 0.29) is 0 Å². The number of hydrogen-bond donors (Lipinski definition) is 0. The lowest BCUT2D eigenvalue weighted by molar-refractivity contribution is 0.112. The standard InChI is InChI=1S/C18H13ClO2/c1-12-6-7-13(11-20)10-18(12)21-17-9-8-16(19)14-4-2-3-5-15(14)17/h2-11H,1H3. The maximum Gasteiger partial charge on any atom is 0.150 e. The largest absolute Gasteiger partial charge is 0.456 e. The minimum Gasteiger partial charge on any atom is -0.456 e. The van der Waals surface area contributed by atoms with Gasteiger partial charge in [-0.25, -0.2) is 0 Å². The van der Waals surface area contributed by atoms with E-state index in [4.69, 9.17) is 16.3 Å². The van der Waals surface area contributed by atoms with Gasteiger partial charge in [0.05, 0.1) is 0 Å². The Bertz CT molecular complexity index is 825. The summed E-state index contributed by atoms with van der Waals surface area (Å²) in [5.74, 6) is 1.40. The molecule has 3 heteroatoms. The van der Waals surface area contributed by atoms with Crippen LogP contribution in [0.2, 0.25) is 5.02 Å². The van der Waals surface area contributed by atoms with Gasteiger partial charge in [0, 0.05) is 21.4 Å².